The molecule has 2 aromatic carbocycles. The van der Waals surface area contributed by atoms with Gasteiger partial charge in [0.25, 0.3) is 0 Å². The quantitative estimate of drug-likeness (QED) is 0.0556. The minimum Gasteiger partial charge on any atom is -0.465 e. The Morgan fingerprint density at radius 3 is 1.88 bits per heavy atom. The van der Waals surface area contributed by atoms with Crippen molar-refractivity contribution in [1.82, 2.24) is 0 Å². The molecule has 0 saturated carbocycles. The van der Waals surface area contributed by atoms with Crippen LogP contribution < -0.4 is 0 Å². The molecule has 2 aliphatic carbocycles. The van der Waals surface area contributed by atoms with Crippen LogP contribution in [0.5, 0.6) is 0 Å². The summed E-state index contributed by atoms with van der Waals surface area (Å²) in [4.78, 5) is 82.6. The van der Waals surface area contributed by atoms with E-state index in [1.54, 1.807) is 48.5 Å². The van der Waals surface area contributed by atoms with Crippen molar-refractivity contribution in [3.8, 4) is 0 Å². The first kappa shape index (κ1) is 58.0. The van der Waals surface area contributed by atoms with Gasteiger partial charge in [-0.05, 0) is 139 Å². The van der Waals surface area contributed by atoms with E-state index in [9.17, 15) is 33.6 Å². The number of ether oxygens (including phenoxy) is 9. The van der Waals surface area contributed by atoms with Gasteiger partial charge in [-0.2, -0.15) is 0 Å². The number of unbranched alkanes of at least 4 members (excludes halogenated alkanes) is 1. The van der Waals surface area contributed by atoms with Crippen LogP contribution in [-0.2, 0) is 79.4 Å². The van der Waals surface area contributed by atoms with Crippen molar-refractivity contribution >= 4 is 87.8 Å². The van der Waals surface area contributed by atoms with Crippen LogP contribution in [0, 0.1) is 10.8 Å². The van der Waals surface area contributed by atoms with Crippen LogP contribution in [0.15, 0.2) is 36.4 Å². The van der Waals surface area contributed by atoms with E-state index in [1.807, 2.05) is 0 Å². The number of hydrogen-bond donors (Lipinski definition) is 0. The molecule has 18 heteroatoms. The standard InChI is InChI=1S/C36H44O9.C14H22O7.CH2Cl2/c1-24(37)43-22-36(5,33(39)41-21-9-13-30(38)45-35(2,3)4)23-44-34(40)42-20-7-6-10-25-14-15-28-17-16-26-11-8-12-27-18-19-29(25)32(28)31(26)27;1-13(2,3)21-10(15)6-5-7-18-11(16)14(4)8-19-12(17)20-9-14;2-1-3/h8,12,14-16,18-19H,6-7,9-11,13,17,20-23H2,1-5H3;5-9H2,1-4H3;1H2. The van der Waals surface area contributed by atoms with Crippen molar-refractivity contribution in [2.45, 2.75) is 131 Å². The number of allylic oxidation sites excluding steroid dienone is 3. The van der Waals surface area contributed by atoms with Crippen LogP contribution in [0.2, 0.25) is 0 Å². The van der Waals surface area contributed by atoms with Crippen LogP contribution in [0.4, 0.5) is 9.59 Å². The first-order chi connectivity index (χ1) is 32.4. The first-order valence-corrected chi connectivity index (χ1v) is 24.0. The Balaban J connectivity index is 0.000000438. The summed E-state index contributed by atoms with van der Waals surface area (Å²) in [7, 11) is 0. The number of esters is 5. The first-order valence-electron chi connectivity index (χ1n) is 23.0. The highest BCUT2D eigenvalue weighted by molar-refractivity contribution is 6.40. The van der Waals surface area contributed by atoms with Crippen molar-refractivity contribution < 1.29 is 76.2 Å². The molecule has 0 amide bonds. The maximum absolute atomic E-state index is 12.8. The van der Waals surface area contributed by atoms with Gasteiger partial charge in [-0.15, -0.1) is 23.2 Å². The minimum atomic E-state index is -1.45. The van der Waals surface area contributed by atoms with Crippen molar-refractivity contribution in [3.63, 3.8) is 0 Å². The van der Waals surface area contributed by atoms with E-state index >= 15 is 0 Å². The molecule has 382 valence electrons. The summed E-state index contributed by atoms with van der Waals surface area (Å²) in [5.74, 6) is -2.56. The summed E-state index contributed by atoms with van der Waals surface area (Å²) in [6, 6.07) is 8.86. The highest BCUT2D eigenvalue weighted by Gasteiger charge is 2.42. The molecule has 3 aliphatic rings. The third-order valence-electron chi connectivity index (χ3n) is 10.4. The zero-order valence-electron chi connectivity index (χ0n) is 41.4. The van der Waals surface area contributed by atoms with E-state index in [-0.39, 0.29) is 70.2 Å². The van der Waals surface area contributed by atoms with Gasteiger partial charge >= 0.3 is 42.2 Å². The van der Waals surface area contributed by atoms with Gasteiger partial charge in [0.1, 0.15) is 48.5 Å². The summed E-state index contributed by atoms with van der Waals surface area (Å²) in [5.41, 5.74) is 3.12. The molecule has 1 fully saturated rings. The fraction of sp³-hybridized carbons (Fsp3) is 0.588. The number of hydrogen-bond acceptors (Lipinski definition) is 16. The second-order valence-corrected chi connectivity index (χ2v) is 20.0. The van der Waals surface area contributed by atoms with E-state index in [0.29, 0.717) is 12.8 Å². The van der Waals surface area contributed by atoms with Gasteiger partial charge in [-0.3, -0.25) is 24.0 Å². The Morgan fingerprint density at radius 2 is 1.29 bits per heavy atom. The van der Waals surface area contributed by atoms with E-state index in [2.05, 4.69) is 52.0 Å². The zero-order chi connectivity index (χ0) is 51.4. The van der Waals surface area contributed by atoms with Crippen molar-refractivity contribution in [3.05, 3.63) is 58.7 Å². The van der Waals surface area contributed by atoms with Gasteiger partial charge in [-0.25, -0.2) is 9.59 Å². The van der Waals surface area contributed by atoms with Crippen LogP contribution in [0.1, 0.15) is 130 Å². The Morgan fingerprint density at radius 1 is 0.710 bits per heavy atom. The molecule has 0 aromatic heterocycles. The number of rotatable bonds is 19. The molecular weight excluding hydrogens is 939 g/mol. The number of carbonyl (C=O) groups excluding carboxylic acids is 7. The highest BCUT2D eigenvalue weighted by Crippen LogP contribution is 2.41. The number of halogens is 2. The predicted octanol–water partition coefficient (Wildman–Crippen LogP) is 10.2. The maximum Gasteiger partial charge on any atom is 0.508 e. The molecule has 0 bridgehead atoms. The molecule has 0 N–H and O–H groups in total. The van der Waals surface area contributed by atoms with Crippen molar-refractivity contribution in [2.24, 2.45) is 10.8 Å². The number of aryl methyl sites for hydroxylation is 1. The molecule has 1 heterocycles. The number of benzene rings is 2. The average Bonchev–Trinajstić information content (AvgIpc) is 3.27. The molecule has 1 unspecified atom stereocenters. The number of carbonyl (C=O) groups is 7. The van der Waals surface area contributed by atoms with Gasteiger partial charge in [0, 0.05) is 19.8 Å². The molecule has 5 rings (SSSR count). The third-order valence-corrected chi connectivity index (χ3v) is 10.4. The van der Waals surface area contributed by atoms with Gasteiger partial charge in [-0.1, -0.05) is 42.5 Å². The SMILES string of the molecule is CC(=O)OCC(C)(COC(=O)OCCCCc1ccc2c3c4c(ccc13)C=CCC4=CC2)C(=O)OCCCC(=O)OC(C)(C)C.CC(C)(C)OC(=O)CCCOC(=O)C1(C)COC(=O)OC1.ClCCl. The lowest BCUT2D eigenvalue weighted by molar-refractivity contribution is -0.167. The maximum atomic E-state index is 12.8. The summed E-state index contributed by atoms with van der Waals surface area (Å²) < 4.78 is 45.7. The van der Waals surface area contributed by atoms with Crippen LogP contribution in [-0.4, -0.2) is 105 Å². The molecule has 0 radical (unpaired) electrons. The highest BCUT2D eigenvalue weighted by atomic mass is 35.5. The largest absolute Gasteiger partial charge is 0.508 e. The summed E-state index contributed by atoms with van der Waals surface area (Å²) in [5, 5.41) is 2.85. The monoisotopic (exact) mass is 1010 g/mol. The Kier molecular flexibility index (Phi) is 22.8. The Hall–Kier alpha value is -5.35. The number of cyclic esters (lactones) is 2. The van der Waals surface area contributed by atoms with E-state index < -0.39 is 64.8 Å². The van der Waals surface area contributed by atoms with Gasteiger partial charge in [0.15, 0.2) is 0 Å². The van der Waals surface area contributed by atoms with Crippen LogP contribution in [0.3, 0.4) is 0 Å². The van der Waals surface area contributed by atoms with E-state index in [4.69, 9.17) is 56.4 Å². The van der Waals surface area contributed by atoms with Crippen LogP contribution >= 0.6 is 23.2 Å². The minimum absolute atomic E-state index is 0.0480. The molecular formula is C51H68Cl2O16. The summed E-state index contributed by atoms with van der Waals surface area (Å²) >= 11 is 9.53. The topological polar surface area (TPSA) is 203 Å². The van der Waals surface area contributed by atoms with E-state index in [1.165, 1.54) is 52.4 Å². The van der Waals surface area contributed by atoms with E-state index in [0.717, 1.165) is 25.7 Å². The lowest BCUT2D eigenvalue weighted by Crippen LogP contribution is -2.44. The molecule has 2 aromatic rings. The van der Waals surface area contributed by atoms with Gasteiger partial charge in [0.05, 0.1) is 25.2 Å². The van der Waals surface area contributed by atoms with Crippen molar-refractivity contribution in [1.29, 1.82) is 0 Å². The second kappa shape index (κ2) is 27.2. The smallest absolute Gasteiger partial charge is 0.465 e. The zero-order valence-corrected chi connectivity index (χ0v) is 42.9. The fourth-order valence-electron chi connectivity index (χ4n) is 7.09. The van der Waals surface area contributed by atoms with Gasteiger partial charge in [0.2, 0.25) is 0 Å². The molecule has 0 spiro atoms. The number of alkyl halides is 2. The molecule has 1 aliphatic heterocycles. The molecule has 16 nitrogen and oxygen atoms in total. The molecule has 69 heavy (non-hydrogen) atoms. The molecule has 1 atom stereocenters. The second-order valence-electron chi connectivity index (χ2n) is 19.2. The normalized spacial score (nSPS) is 15.1. The lowest BCUT2D eigenvalue weighted by Gasteiger charge is -2.29. The fourth-order valence-corrected chi connectivity index (χ4v) is 7.09. The Bertz CT molecular complexity index is 2170. The summed E-state index contributed by atoms with van der Waals surface area (Å²) in [6.45, 7) is 14.3. The van der Waals surface area contributed by atoms with Crippen LogP contribution in [0.25, 0.3) is 22.4 Å². The summed E-state index contributed by atoms with van der Waals surface area (Å²) in [6.07, 6.45) is 10.2. The predicted molar refractivity (Wildman–Crippen MR) is 258 cm³/mol. The molecule has 1 saturated heterocycles. The Labute approximate surface area is 414 Å². The third kappa shape index (κ3) is 19.9. The van der Waals surface area contributed by atoms with Gasteiger partial charge < -0.3 is 42.6 Å². The average molecular weight is 1010 g/mol. The lowest BCUT2D eigenvalue weighted by atomic mass is 9.80. The van der Waals surface area contributed by atoms with Crippen molar-refractivity contribution in [2.75, 3.05) is 51.6 Å².